The number of piperidine rings is 1. The van der Waals surface area contributed by atoms with Crippen molar-refractivity contribution < 1.29 is 27.9 Å². The number of alkyl halides is 3. The van der Waals surface area contributed by atoms with E-state index in [1.165, 1.54) is 18.2 Å². The van der Waals surface area contributed by atoms with Gasteiger partial charge in [0.25, 0.3) is 0 Å². The van der Waals surface area contributed by atoms with Gasteiger partial charge in [0.05, 0.1) is 11.5 Å². The van der Waals surface area contributed by atoms with Crippen LogP contribution in [0.5, 0.6) is 0 Å². The fraction of sp³-hybridized carbons (Fsp3) is 0.440. The number of halogens is 3. The molecule has 8 heteroatoms. The van der Waals surface area contributed by atoms with E-state index in [0.29, 0.717) is 38.8 Å². The van der Waals surface area contributed by atoms with E-state index in [9.17, 15) is 27.9 Å². The van der Waals surface area contributed by atoms with Gasteiger partial charge in [0.15, 0.2) is 0 Å². The van der Waals surface area contributed by atoms with E-state index < -0.39 is 23.6 Å². The minimum absolute atomic E-state index is 0.0593. The van der Waals surface area contributed by atoms with E-state index in [0.717, 1.165) is 17.3 Å². The van der Waals surface area contributed by atoms with E-state index in [1.807, 2.05) is 31.2 Å². The Balaban J connectivity index is 1.51. The van der Waals surface area contributed by atoms with Crippen LogP contribution in [0.3, 0.4) is 0 Å². The molecule has 2 aromatic carbocycles. The highest BCUT2D eigenvalue weighted by Crippen LogP contribution is 2.32. The summed E-state index contributed by atoms with van der Waals surface area (Å²) in [5.74, 6) is -1.64. The number of anilines is 1. The van der Waals surface area contributed by atoms with Crippen LogP contribution in [0.1, 0.15) is 42.9 Å². The van der Waals surface area contributed by atoms with Crippen molar-refractivity contribution >= 4 is 17.6 Å². The van der Waals surface area contributed by atoms with Gasteiger partial charge < -0.3 is 15.3 Å². The first-order valence-electron chi connectivity index (χ1n) is 11.2. The van der Waals surface area contributed by atoms with Gasteiger partial charge in [-0.1, -0.05) is 37.3 Å². The van der Waals surface area contributed by atoms with Crippen molar-refractivity contribution in [3.63, 3.8) is 0 Å². The lowest BCUT2D eigenvalue weighted by Gasteiger charge is -2.33. The zero-order chi connectivity index (χ0) is 24.0. The molecule has 0 radical (unpaired) electrons. The Hall–Kier alpha value is -3.03. The molecular formula is C25H29F3N2O3. The lowest BCUT2D eigenvalue weighted by atomic mass is 9.94. The Morgan fingerprint density at radius 1 is 1.09 bits per heavy atom. The first kappa shape index (κ1) is 24.6. The Bertz CT molecular complexity index is 952. The number of carbonyl (C=O) groups is 2. The molecule has 33 heavy (non-hydrogen) atoms. The number of hydrogen-bond acceptors (Lipinski definition) is 3. The highest BCUT2D eigenvalue weighted by Gasteiger charge is 2.33. The highest BCUT2D eigenvalue weighted by molar-refractivity contribution is 5.79. The Kier molecular flexibility index (Phi) is 8.00. The first-order chi connectivity index (χ1) is 15.7. The first-order valence-corrected chi connectivity index (χ1v) is 11.2. The van der Waals surface area contributed by atoms with Crippen molar-refractivity contribution in [2.24, 2.45) is 11.8 Å². The number of hydrogen-bond donors (Lipinski definition) is 2. The third-order valence-electron chi connectivity index (χ3n) is 6.27. The van der Waals surface area contributed by atoms with Crippen molar-refractivity contribution in [1.82, 2.24) is 5.32 Å². The highest BCUT2D eigenvalue weighted by atomic mass is 19.4. The predicted octanol–water partition coefficient (Wildman–Crippen LogP) is 4.89. The maximum Gasteiger partial charge on any atom is 0.416 e. The zero-order valence-electron chi connectivity index (χ0n) is 18.6. The summed E-state index contributed by atoms with van der Waals surface area (Å²) in [5.41, 5.74) is 1.32. The third kappa shape index (κ3) is 6.49. The van der Waals surface area contributed by atoms with Crippen LogP contribution in [-0.2, 0) is 28.7 Å². The average molecular weight is 463 g/mol. The van der Waals surface area contributed by atoms with Crippen LogP contribution in [0.15, 0.2) is 48.5 Å². The standard InChI is InChI=1S/C25H29F3N2O3/c1-2-18(24(32)33)15-17-7-9-21(10-8-17)30-13-11-19(12-14-30)23(31)29-16-20-5-3-4-6-22(20)25(26,27)28/h3-10,18-19H,2,11-16H2,1H3,(H,29,31)(H,32,33). The lowest BCUT2D eigenvalue weighted by Crippen LogP contribution is -2.40. The summed E-state index contributed by atoms with van der Waals surface area (Å²) < 4.78 is 39.4. The molecule has 0 aliphatic carbocycles. The molecule has 1 fully saturated rings. The fourth-order valence-corrected chi connectivity index (χ4v) is 4.21. The fourth-order valence-electron chi connectivity index (χ4n) is 4.21. The van der Waals surface area contributed by atoms with Gasteiger partial charge in [-0.3, -0.25) is 9.59 Å². The molecule has 1 aliphatic rings. The SMILES string of the molecule is CCC(Cc1ccc(N2CCC(C(=O)NCc3ccccc3C(F)(F)F)CC2)cc1)C(=O)O. The molecule has 1 amide bonds. The molecule has 1 saturated heterocycles. The van der Waals surface area contributed by atoms with Crippen LogP contribution in [-0.4, -0.2) is 30.1 Å². The van der Waals surface area contributed by atoms with Crippen LogP contribution in [0.2, 0.25) is 0 Å². The van der Waals surface area contributed by atoms with Crippen LogP contribution < -0.4 is 10.2 Å². The average Bonchev–Trinajstić information content (AvgIpc) is 2.81. The maximum absolute atomic E-state index is 13.1. The summed E-state index contributed by atoms with van der Waals surface area (Å²) in [5, 5.41) is 11.9. The van der Waals surface area contributed by atoms with Crippen molar-refractivity contribution in [3.05, 3.63) is 65.2 Å². The molecule has 1 aliphatic heterocycles. The number of amides is 1. The number of rotatable bonds is 8. The summed E-state index contributed by atoms with van der Waals surface area (Å²) in [6.45, 7) is 3.06. The van der Waals surface area contributed by atoms with Gasteiger partial charge in [0, 0.05) is 31.2 Å². The second kappa shape index (κ2) is 10.7. The van der Waals surface area contributed by atoms with Crippen molar-refractivity contribution in [1.29, 1.82) is 0 Å². The number of carboxylic acids is 1. The number of nitrogens with zero attached hydrogens (tertiary/aromatic N) is 1. The predicted molar refractivity (Wildman–Crippen MR) is 120 cm³/mol. The quantitative estimate of drug-likeness (QED) is 0.586. The summed E-state index contributed by atoms with van der Waals surface area (Å²) in [6.07, 6.45) is -2.15. The molecule has 2 N–H and O–H groups in total. The van der Waals surface area contributed by atoms with Gasteiger partial charge in [0.2, 0.25) is 5.91 Å². The number of carboxylic acid groups (broad SMARTS) is 1. The molecular weight excluding hydrogens is 433 g/mol. The van der Waals surface area contributed by atoms with Gasteiger partial charge in [-0.2, -0.15) is 13.2 Å². The minimum atomic E-state index is -4.45. The molecule has 0 spiro atoms. The summed E-state index contributed by atoms with van der Waals surface area (Å²) in [7, 11) is 0. The van der Waals surface area contributed by atoms with E-state index in [4.69, 9.17) is 0 Å². The van der Waals surface area contributed by atoms with E-state index in [2.05, 4.69) is 10.2 Å². The molecule has 0 saturated carbocycles. The lowest BCUT2D eigenvalue weighted by molar-refractivity contribution is -0.142. The van der Waals surface area contributed by atoms with Crippen molar-refractivity contribution in [2.45, 2.75) is 45.3 Å². The molecule has 1 heterocycles. The maximum atomic E-state index is 13.1. The molecule has 3 rings (SSSR count). The minimum Gasteiger partial charge on any atom is -0.481 e. The van der Waals surface area contributed by atoms with Gasteiger partial charge in [-0.15, -0.1) is 0 Å². The molecule has 2 aromatic rings. The zero-order valence-corrected chi connectivity index (χ0v) is 18.6. The van der Waals surface area contributed by atoms with E-state index in [1.54, 1.807) is 0 Å². The van der Waals surface area contributed by atoms with Gasteiger partial charge in [0.1, 0.15) is 0 Å². The third-order valence-corrected chi connectivity index (χ3v) is 6.27. The summed E-state index contributed by atoms with van der Waals surface area (Å²) >= 11 is 0. The Morgan fingerprint density at radius 2 is 1.73 bits per heavy atom. The van der Waals surface area contributed by atoms with Crippen molar-refractivity contribution in [2.75, 3.05) is 18.0 Å². The Morgan fingerprint density at radius 3 is 2.30 bits per heavy atom. The Labute approximate surface area is 191 Å². The second-order valence-electron chi connectivity index (χ2n) is 8.45. The number of aliphatic carboxylic acids is 1. The molecule has 1 atom stereocenters. The monoisotopic (exact) mass is 462 g/mol. The summed E-state index contributed by atoms with van der Waals surface area (Å²) in [6, 6.07) is 13.1. The van der Waals surface area contributed by atoms with Gasteiger partial charge in [-0.25, -0.2) is 0 Å². The molecule has 1 unspecified atom stereocenters. The molecule has 5 nitrogen and oxygen atoms in total. The second-order valence-corrected chi connectivity index (χ2v) is 8.45. The smallest absolute Gasteiger partial charge is 0.416 e. The molecule has 178 valence electrons. The van der Waals surface area contributed by atoms with Gasteiger partial charge >= 0.3 is 12.1 Å². The van der Waals surface area contributed by atoms with E-state index in [-0.39, 0.29) is 23.9 Å². The number of carbonyl (C=O) groups excluding carboxylic acids is 1. The van der Waals surface area contributed by atoms with Crippen molar-refractivity contribution in [3.8, 4) is 0 Å². The topological polar surface area (TPSA) is 69.6 Å². The normalized spacial score (nSPS) is 15.8. The van der Waals surface area contributed by atoms with Crippen LogP contribution >= 0.6 is 0 Å². The largest absolute Gasteiger partial charge is 0.481 e. The molecule has 0 bridgehead atoms. The number of nitrogens with one attached hydrogen (secondary N) is 1. The number of benzene rings is 2. The van der Waals surface area contributed by atoms with Crippen LogP contribution in [0.25, 0.3) is 0 Å². The van der Waals surface area contributed by atoms with E-state index >= 15 is 0 Å². The van der Waals surface area contributed by atoms with Crippen LogP contribution in [0.4, 0.5) is 18.9 Å². The van der Waals surface area contributed by atoms with Crippen LogP contribution in [0, 0.1) is 11.8 Å². The summed E-state index contributed by atoms with van der Waals surface area (Å²) in [4.78, 5) is 25.9. The molecule has 0 aromatic heterocycles. The van der Waals surface area contributed by atoms with Gasteiger partial charge in [-0.05, 0) is 55.0 Å².